The first-order valence-electron chi connectivity index (χ1n) is 9.10. The van der Waals surface area contributed by atoms with Crippen LogP contribution in [0.3, 0.4) is 0 Å². The molecule has 2 N–H and O–H groups in total. The summed E-state index contributed by atoms with van der Waals surface area (Å²) in [6.07, 6.45) is 8.14. The van der Waals surface area contributed by atoms with Crippen molar-refractivity contribution in [1.82, 2.24) is 28.4 Å². The first kappa shape index (κ1) is 16.2. The number of H-pyrrole nitrogens is 1. The summed E-state index contributed by atoms with van der Waals surface area (Å²) in [6, 6.07) is 1.97. The van der Waals surface area contributed by atoms with E-state index in [2.05, 4.69) is 31.0 Å². The highest BCUT2D eigenvalue weighted by atomic mass is 32.2. The summed E-state index contributed by atoms with van der Waals surface area (Å²) in [5, 5.41) is 0. The van der Waals surface area contributed by atoms with Crippen LogP contribution in [0.4, 0.5) is 0 Å². The molecule has 26 heavy (non-hydrogen) atoms. The van der Waals surface area contributed by atoms with Crippen LogP contribution in [0.25, 0.3) is 16.8 Å². The van der Waals surface area contributed by atoms with Crippen LogP contribution in [0, 0.1) is 5.92 Å². The third-order valence-corrected chi connectivity index (χ3v) is 7.48. The van der Waals surface area contributed by atoms with Crippen LogP contribution in [0.2, 0.25) is 0 Å². The van der Waals surface area contributed by atoms with Crippen molar-refractivity contribution in [3.05, 3.63) is 30.4 Å². The molecule has 1 aliphatic carbocycles. The van der Waals surface area contributed by atoms with Crippen molar-refractivity contribution >= 4 is 27.0 Å². The van der Waals surface area contributed by atoms with Gasteiger partial charge < -0.3 is 4.98 Å². The van der Waals surface area contributed by atoms with E-state index in [0.29, 0.717) is 19.0 Å². The van der Waals surface area contributed by atoms with E-state index in [1.54, 1.807) is 6.20 Å². The SMILES string of the molecule is CC1CC(NS(=O)(=O)N2CCC2)CC1c1cnc2cnc3[nH]ccc3n12. The zero-order chi connectivity index (χ0) is 17.9. The maximum Gasteiger partial charge on any atom is 0.279 e. The van der Waals surface area contributed by atoms with Crippen LogP contribution in [0.5, 0.6) is 0 Å². The fraction of sp³-hybridized carbons (Fsp3) is 0.529. The van der Waals surface area contributed by atoms with Gasteiger partial charge >= 0.3 is 0 Å². The highest BCUT2D eigenvalue weighted by Crippen LogP contribution is 2.40. The minimum Gasteiger partial charge on any atom is -0.345 e. The Labute approximate surface area is 151 Å². The quantitative estimate of drug-likeness (QED) is 0.726. The van der Waals surface area contributed by atoms with E-state index in [-0.39, 0.29) is 12.0 Å². The van der Waals surface area contributed by atoms with Crippen molar-refractivity contribution in [2.24, 2.45) is 5.92 Å². The van der Waals surface area contributed by atoms with Crippen molar-refractivity contribution in [2.75, 3.05) is 13.1 Å². The lowest BCUT2D eigenvalue weighted by molar-refractivity contribution is 0.301. The molecule has 3 aromatic heterocycles. The Hall–Kier alpha value is -1.97. The maximum absolute atomic E-state index is 12.4. The maximum atomic E-state index is 12.4. The molecule has 3 atom stereocenters. The molecule has 3 unspecified atom stereocenters. The molecule has 4 heterocycles. The molecular weight excluding hydrogens is 352 g/mol. The number of rotatable bonds is 4. The van der Waals surface area contributed by atoms with Gasteiger partial charge in [0.05, 0.1) is 11.7 Å². The third kappa shape index (κ3) is 2.45. The van der Waals surface area contributed by atoms with Crippen molar-refractivity contribution in [3.63, 3.8) is 0 Å². The van der Waals surface area contributed by atoms with Crippen LogP contribution in [0.1, 0.15) is 37.8 Å². The highest BCUT2D eigenvalue weighted by molar-refractivity contribution is 7.87. The summed E-state index contributed by atoms with van der Waals surface area (Å²) in [5.41, 5.74) is 3.79. The summed E-state index contributed by atoms with van der Waals surface area (Å²) in [7, 11) is -3.34. The Morgan fingerprint density at radius 1 is 1.23 bits per heavy atom. The Balaban J connectivity index is 1.45. The molecule has 9 heteroatoms. The lowest BCUT2D eigenvalue weighted by atomic mass is 9.95. The van der Waals surface area contributed by atoms with Gasteiger partial charge in [0, 0.05) is 43.1 Å². The van der Waals surface area contributed by atoms with Crippen molar-refractivity contribution in [2.45, 2.75) is 38.1 Å². The first-order chi connectivity index (χ1) is 12.5. The molecule has 1 saturated carbocycles. The molecule has 3 aromatic rings. The van der Waals surface area contributed by atoms with Crippen molar-refractivity contribution in [1.29, 1.82) is 0 Å². The summed E-state index contributed by atoms with van der Waals surface area (Å²) < 4.78 is 31.4. The molecule has 2 aliphatic rings. The van der Waals surface area contributed by atoms with Gasteiger partial charge in [0.1, 0.15) is 0 Å². The van der Waals surface area contributed by atoms with Crippen molar-refractivity contribution < 1.29 is 8.42 Å². The monoisotopic (exact) mass is 374 g/mol. The number of hydrogen-bond acceptors (Lipinski definition) is 4. The number of imidazole rings is 1. The molecule has 1 aliphatic heterocycles. The van der Waals surface area contributed by atoms with E-state index in [0.717, 1.165) is 41.8 Å². The molecule has 5 rings (SSSR count). The van der Waals surface area contributed by atoms with Gasteiger partial charge in [0.25, 0.3) is 10.2 Å². The van der Waals surface area contributed by atoms with Crippen LogP contribution >= 0.6 is 0 Å². The molecule has 0 aromatic carbocycles. The molecule has 1 saturated heterocycles. The molecule has 0 amide bonds. The number of aromatic amines is 1. The lowest BCUT2D eigenvalue weighted by Gasteiger charge is -2.31. The van der Waals surface area contributed by atoms with Gasteiger partial charge in [-0.05, 0) is 31.2 Å². The molecule has 2 fully saturated rings. The van der Waals surface area contributed by atoms with Crippen molar-refractivity contribution in [3.8, 4) is 0 Å². The van der Waals surface area contributed by atoms with Gasteiger partial charge in [-0.3, -0.25) is 4.40 Å². The number of nitrogens with zero attached hydrogens (tertiary/aromatic N) is 4. The second kappa shape index (κ2) is 5.77. The number of hydrogen-bond donors (Lipinski definition) is 2. The normalized spacial score (nSPS) is 27.3. The highest BCUT2D eigenvalue weighted by Gasteiger charge is 2.38. The van der Waals surface area contributed by atoms with Gasteiger partial charge in [-0.15, -0.1) is 0 Å². The second-order valence-corrected chi connectivity index (χ2v) is 9.18. The molecular formula is C17H22N6O2S. The largest absolute Gasteiger partial charge is 0.345 e. The molecule has 8 nitrogen and oxygen atoms in total. The zero-order valence-corrected chi connectivity index (χ0v) is 15.4. The third-order valence-electron chi connectivity index (χ3n) is 5.80. The van der Waals surface area contributed by atoms with Crippen LogP contribution in [0.15, 0.2) is 24.7 Å². The first-order valence-corrected chi connectivity index (χ1v) is 10.5. The van der Waals surface area contributed by atoms with Crippen LogP contribution in [-0.2, 0) is 10.2 Å². The Bertz CT molecular complexity index is 1070. The molecule has 0 radical (unpaired) electrons. The van der Waals surface area contributed by atoms with E-state index >= 15 is 0 Å². The van der Waals surface area contributed by atoms with E-state index in [9.17, 15) is 8.42 Å². The van der Waals surface area contributed by atoms with E-state index in [4.69, 9.17) is 0 Å². The number of fused-ring (bicyclic) bond motifs is 3. The Morgan fingerprint density at radius 3 is 2.85 bits per heavy atom. The lowest BCUT2D eigenvalue weighted by Crippen LogP contribution is -2.50. The zero-order valence-electron chi connectivity index (χ0n) is 14.6. The Morgan fingerprint density at radius 2 is 2.08 bits per heavy atom. The number of aromatic nitrogens is 4. The fourth-order valence-electron chi connectivity index (χ4n) is 4.32. The van der Waals surface area contributed by atoms with E-state index in [1.807, 2.05) is 18.5 Å². The van der Waals surface area contributed by atoms with Gasteiger partial charge in [0.2, 0.25) is 0 Å². The smallest absolute Gasteiger partial charge is 0.279 e. The summed E-state index contributed by atoms with van der Waals surface area (Å²) >= 11 is 0. The average Bonchev–Trinajstić information content (AvgIpc) is 3.21. The van der Waals surface area contributed by atoms with Gasteiger partial charge in [-0.2, -0.15) is 17.4 Å². The average molecular weight is 374 g/mol. The Kier molecular flexibility index (Phi) is 3.60. The number of nitrogens with one attached hydrogen (secondary N) is 2. The van der Waals surface area contributed by atoms with Gasteiger partial charge in [-0.25, -0.2) is 9.97 Å². The summed E-state index contributed by atoms with van der Waals surface area (Å²) in [4.78, 5) is 12.0. The van der Waals surface area contributed by atoms with Gasteiger partial charge in [0.15, 0.2) is 11.3 Å². The van der Waals surface area contributed by atoms with Crippen LogP contribution < -0.4 is 4.72 Å². The second-order valence-electron chi connectivity index (χ2n) is 7.47. The molecule has 0 spiro atoms. The fourth-order valence-corrected chi connectivity index (χ4v) is 5.82. The van der Waals surface area contributed by atoms with E-state index in [1.165, 1.54) is 4.31 Å². The van der Waals surface area contributed by atoms with Crippen LogP contribution in [-0.4, -0.2) is 51.2 Å². The van der Waals surface area contributed by atoms with Gasteiger partial charge in [-0.1, -0.05) is 6.92 Å². The minimum atomic E-state index is -3.34. The standard InChI is InChI=1S/C17H22N6O2S/c1-11-7-12(21-26(24,25)22-5-2-6-22)8-13(11)15-9-19-16-10-20-17-14(23(15)16)3-4-18-17/h3-4,9-13,18,21H,2,5-8H2,1H3. The van der Waals surface area contributed by atoms with E-state index < -0.39 is 10.2 Å². The summed E-state index contributed by atoms with van der Waals surface area (Å²) in [5.74, 6) is 0.635. The topological polar surface area (TPSA) is 95.4 Å². The summed E-state index contributed by atoms with van der Waals surface area (Å²) in [6.45, 7) is 3.46. The minimum absolute atomic E-state index is 0.0327. The molecule has 138 valence electrons. The predicted molar refractivity (Wildman–Crippen MR) is 98.0 cm³/mol. The predicted octanol–water partition coefficient (Wildman–Crippen LogP) is 1.63. The molecule has 0 bridgehead atoms.